The molecule has 1 rings (SSSR count). The molecule has 1 aromatic carbocycles. The van der Waals surface area contributed by atoms with Crippen LogP contribution in [-0.2, 0) is 16.0 Å². The average molecular weight is 323 g/mol. The van der Waals surface area contributed by atoms with Crippen molar-refractivity contribution in [3.8, 4) is 0 Å². The molecule has 92 valence electrons. The number of ether oxygens (including phenoxy) is 1. The largest absolute Gasteiger partial charge is 0.468 e. The van der Waals surface area contributed by atoms with Crippen LogP contribution in [0.2, 0.25) is 5.02 Å². The summed E-state index contributed by atoms with van der Waals surface area (Å²) >= 11 is 8.99. The van der Waals surface area contributed by atoms with Gasteiger partial charge in [-0.2, -0.15) is 0 Å². The topological polar surface area (TPSA) is 69.4 Å². The number of carbonyl (C=O) groups is 1. The fourth-order valence-corrected chi connectivity index (χ4v) is 2.07. The fraction of sp³-hybridized carbons (Fsp3) is 0.300. The summed E-state index contributed by atoms with van der Waals surface area (Å²) < 4.78 is 4.53. The number of hydrogen-bond acceptors (Lipinski definition) is 4. The molecule has 0 spiro atoms. The normalized spacial score (nSPS) is 11.9. The van der Waals surface area contributed by atoms with E-state index in [1.807, 2.05) is 0 Å². The smallest absolute Gasteiger partial charge is 0.319 e. The zero-order valence-corrected chi connectivity index (χ0v) is 11.2. The van der Waals surface area contributed by atoms with Crippen molar-refractivity contribution < 1.29 is 14.5 Å². The van der Waals surface area contributed by atoms with Crippen LogP contribution in [-0.4, -0.2) is 22.8 Å². The molecule has 1 unspecified atom stereocenters. The van der Waals surface area contributed by atoms with Crippen LogP contribution in [0, 0.1) is 10.1 Å². The van der Waals surface area contributed by atoms with Crippen LogP contribution in [0.4, 0.5) is 5.69 Å². The van der Waals surface area contributed by atoms with Gasteiger partial charge in [0.15, 0.2) is 0 Å². The number of alkyl halides is 1. The van der Waals surface area contributed by atoms with Gasteiger partial charge in [0.05, 0.1) is 22.6 Å². The summed E-state index contributed by atoms with van der Waals surface area (Å²) in [5, 5.41) is 11.1. The third-order valence-corrected chi connectivity index (χ3v) is 3.18. The van der Waals surface area contributed by atoms with E-state index in [4.69, 9.17) is 11.6 Å². The standard InChI is InChI=1S/C10H9BrClNO4/c1-17-10(14)7(11)5-6-8(12)3-2-4-9(6)13(15)16/h2-4,7H,5H2,1H3. The Kier molecular flexibility index (Phi) is 4.89. The first-order chi connectivity index (χ1) is 7.97. The predicted octanol–water partition coefficient (Wildman–Crippen LogP) is 2.73. The molecule has 0 aliphatic rings. The van der Waals surface area contributed by atoms with Crippen LogP contribution in [0.15, 0.2) is 18.2 Å². The van der Waals surface area contributed by atoms with E-state index in [-0.39, 0.29) is 17.1 Å². The van der Waals surface area contributed by atoms with Gasteiger partial charge in [-0.15, -0.1) is 0 Å². The van der Waals surface area contributed by atoms with Crippen molar-refractivity contribution in [2.24, 2.45) is 0 Å². The Balaban J connectivity index is 3.05. The van der Waals surface area contributed by atoms with E-state index in [2.05, 4.69) is 20.7 Å². The highest BCUT2D eigenvalue weighted by atomic mass is 79.9. The van der Waals surface area contributed by atoms with E-state index in [0.717, 1.165) is 0 Å². The zero-order valence-electron chi connectivity index (χ0n) is 8.85. The first kappa shape index (κ1) is 13.9. The van der Waals surface area contributed by atoms with Crippen molar-refractivity contribution in [3.05, 3.63) is 38.9 Å². The summed E-state index contributed by atoms with van der Waals surface area (Å²) in [6.45, 7) is 0. The molecule has 0 aromatic heterocycles. The Labute approximate surface area is 111 Å². The lowest BCUT2D eigenvalue weighted by Gasteiger charge is -2.09. The molecule has 0 saturated heterocycles. The fourth-order valence-electron chi connectivity index (χ4n) is 1.31. The maximum atomic E-state index is 11.2. The number of rotatable bonds is 4. The Morgan fingerprint density at radius 2 is 2.29 bits per heavy atom. The minimum absolute atomic E-state index is 0.0999. The zero-order chi connectivity index (χ0) is 13.0. The Morgan fingerprint density at radius 1 is 1.65 bits per heavy atom. The van der Waals surface area contributed by atoms with Crippen molar-refractivity contribution in [1.29, 1.82) is 0 Å². The number of benzene rings is 1. The second kappa shape index (κ2) is 5.97. The van der Waals surface area contributed by atoms with Crippen LogP contribution in [0.5, 0.6) is 0 Å². The number of halogens is 2. The molecule has 5 nitrogen and oxygen atoms in total. The highest BCUT2D eigenvalue weighted by Crippen LogP contribution is 2.28. The Bertz CT molecular complexity index is 452. The highest BCUT2D eigenvalue weighted by molar-refractivity contribution is 9.10. The molecule has 1 aromatic rings. The van der Waals surface area contributed by atoms with Crippen molar-refractivity contribution in [2.75, 3.05) is 7.11 Å². The molecule has 0 aliphatic carbocycles. The molecule has 0 aliphatic heterocycles. The van der Waals surface area contributed by atoms with Crippen LogP contribution in [0.3, 0.4) is 0 Å². The van der Waals surface area contributed by atoms with Crippen LogP contribution < -0.4 is 0 Å². The SMILES string of the molecule is COC(=O)C(Br)Cc1c(Cl)cccc1[N+](=O)[O-]. The number of carbonyl (C=O) groups excluding carboxylic acids is 1. The van der Waals surface area contributed by atoms with Crippen molar-refractivity contribution in [2.45, 2.75) is 11.2 Å². The van der Waals surface area contributed by atoms with Crippen molar-refractivity contribution in [1.82, 2.24) is 0 Å². The maximum Gasteiger partial charge on any atom is 0.319 e. The van der Waals surface area contributed by atoms with Gasteiger partial charge in [0.1, 0.15) is 4.83 Å². The number of nitrogens with zero attached hydrogens (tertiary/aromatic N) is 1. The lowest BCUT2D eigenvalue weighted by atomic mass is 10.1. The summed E-state index contributed by atoms with van der Waals surface area (Å²) in [5.41, 5.74) is 0.206. The lowest BCUT2D eigenvalue weighted by molar-refractivity contribution is -0.385. The number of hydrogen-bond donors (Lipinski definition) is 0. The summed E-state index contributed by atoms with van der Waals surface area (Å²) in [6.07, 6.45) is 0.0999. The van der Waals surface area contributed by atoms with E-state index in [0.29, 0.717) is 5.56 Å². The molecule has 17 heavy (non-hydrogen) atoms. The highest BCUT2D eigenvalue weighted by Gasteiger charge is 2.23. The van der Waals surface area contributed by atoms with Gasteiger partial charge in [-0.1, -0.05) is 33.6 Å². The second-order valence-electron chi connectivity index (χ2n) is 3.19. The third-order valence-electron chi connectivity index (χ3n) is 2.13. The number of nitro groups is 1. The minimum Gasteiger partial charge on any atom is -0.468 e. The van der Waals surface area contributed by atoms with E-state index in [1.165, 1.54) is 19.2 Å². The first-order valence-electron chi connectivity index (χ1n) is 4.61. The maximum absolute atomic E-state index is 11.2. The predicted molar refractivity (Wildman–Crippen MR) is 66.5 cm³/mol. The van der Waals surface area contributed by atoms with E-state index >= 15 is 0 Å². The summed E-state index contributed by atoms with van der Waals surface area (Å²) in [6, 6.07) is 4.38. The molecular formula is C10H9BrClNO4. The minimum atomic E-state index is -0.661. The quantitative estimate of drug-likeness (QED) is 0.370. The Hall–Kier alpha value is -1.14. The molecule has 0 N–H and O–H groups in total. The average Bonchev–Trinajstić information content (AvgIpc) is 2.30. The first-order valence-corrected chi connectivity index (χ1v) is 5.90. The monoisotopic (exact) mass is 321 g/mol. The van der Waals surface area contributed by atoms with Gasteiger partial charge in [0.25, 0.3) is 5.69 Å². The molecule has 0 bridgehead atoms. The van der Waals surface area contributed by atoms with Gasteiger partial charge in [-0.3, -0.25) is 14.9 Å². The summed E-state index contributed by atoms with van der Waals surface area (Å²) in [4.78, 5) is 20.8. The number of esters is 1. The van der Waals surface area contributed by atoms with Gasteiger partial charge < -0.3 is 4.74 Å². The van der Waals surface area contributed by atoms with Crippen molar-refractivity contribution in [3.63, 3.8) is 0 Å². The number of methoxy groups -OCH3 is 1. The van der Waals surface area contributed by atoms with Crippen LogP contribution >= 0.6 is 27.5 Å². The van der Waals surface area contributed by atoms with Gasteiger partial charge in [0.2, 0.25) is 0 Å². The molecule has 0 radical (unpaired) electrons. The third kappa shape index (κ3) is 3.41. The molecule has 0 fully saturated rings. The van der Waals surface area contributed by atoms with Gasteiger partial charge >= 0.3 is 5.97 Å². The molecule has 7 heteroatoms. The lowest BCUT2D eigenvalue weighted by Crippen LogP contribution is -2.18. The molecule has 0 heterocycles. The van der Waals surface area contributed by atoms with E-state index in [1.54, 1.807) is 6.07 Å². The van der Waals surface area contributed by atoms with Crippen molar-refractivity contribution >= 4 is 39.2 Å². The van der Waals surface area contributed by atoms with Crippen LogP contribution in [0.1, 0.15) is 5.56 Å². The molecule has 1 atom stereocenters. The van der Waals surface area contributed by atoms with Gasteiger partial charge in [-0.05, 0) is 6.07 Å². The molecule has 0 saturated carbocycles. The van der Waals surface area contributed by atoms with E-state index < -0.39 is 15.7 Å². The molecular weight excluding hydrogens is 313 g/mol. The van der Waals surface area contributed by atoms with Gasteiger partial charge in [-0.25, -0.2) is 0 Å². The van der Waals surface area contributed by atoms with Gasteiger partial charge in [0, 0.05) is 12.5 Å². The molecule has 0 amide bonds. The van der Waals surface area contributed by atoms with Crippen LogP contribution in [0.25, 0.3) is 0 Å². The second-order valence-corrected chi connectivity index (χ2v) is 4.70. The van der Waals surface area contributed by atoms with E-state index in [9.17, 15) is 14.9 Å². The number of nitro benzene ring substituents is 1. The summed E-state index contributed by atoms with van der Waals surface area (Å²) in [5.74, 6) is -0.501. The summed E-state index contributed by atoms with van der Waals surface area (Å²) in [7, 11) is 1.25. The Morgan fingerprint density at radius 3 is 2.82 bits per heavy atom.